The molecule has 7 nitrogen and oxygen atoms in total. The Morgan fingerprint density at radius 1 is 1.08 bits per heavy atom. The maximum atomic E-state index is 12.2. The van der Waals surface area contributed by atoms with Crippen LogP contribution in [0.2, 0.25) is 0 Å². The summed E-state index contributed by atoms with van der Waals surface area (Å²) in [5, 5.41) is 2.70. The summed E-state index contributed by atoms with van der Waals surface area (Å²) >= 11 is 0. The molecule has 2 aromatic carbocycles. The summed E-state index contributed by atoms with van der Waals surface area (Å²) in [5.41, 5.74) is 0.275. The Morgan fingerprint density at radius 2 is 1.73 bits per heavy atom. The molecule has 0 spiro atoms. The Labute approximate surface area is 153 Å². The first kappa shape index (κ1) is 19.7. The molecule has 0 saturated heterocycles. The molecule has 26 heavy (non-hydrogen) atoms. The summed E-state index contributed by atoms with van der Waals surface area (Å²) in [7, 11) is 0.892. The largest absolute Gasteiger partial charge is 0.497 e. The monoisotopic (exact) mass is 378 g/mol. The Kier molecular flexibility index (Phi) is 6.59. The highest BCUT2D eigenvalue weighted by Crippen LogP contribution is 2.17. The molecule has 2 rings (SSSR count). The topological polar surface area (TPSA) is 84.9 Å². The predicted molar refractivity (Wildman–Crippen MR) is 98.1 cm³/mol. The zero-order valence-electron chi connectivity index (χ0n) is 14.9. The normalized spacial score (nSPS) is 11.2. The second kappa shape index (κ2) is 8.68. The van der Waals surface area contributed by atoms with E-state index in [9.17, 15) is 13.2 Å². The molecule has 8 heteroatoms. The number of benzene rings is 2. The first-order valence-corrected chi connectivity index (χ1v) is 9.36. The van der Waals surface area contributed by atoms with Gasteiger partial charge in [-0.15, -0.1) is 0 Å². The van der Waals surface area contributed by atoms with E-state index in [1.807, 2.05) is 0 Å². The van der Waals surface area contributed by atoms with E-state index in [2.05, 4.69) is 5.32 Å². The molecule has 0 unspecified atom stereocenters. The van der Waals surface area contributed by atoms with E-state index in [1.54, 1.807) is 43.5 Å². The Bertz CT molecular complexity index is 848. The van der Waals surface area contributed by atoms with Crippen molar-refractivity contribution in [2.45, 2.75) is 4.90 Å². The van der Waals surface area contributed by atoms with Crippen LogP contribution in [0.15, 0.2) is 53.4 Å². The number of amides is 1. The summed E-state index contributed by atoms with van der Waals surface area (Å²) in [6.07, 6.45) is 0. The Morgan fingerprint density at radius 3 is 2.35 bits per heavy atom. The molecule has 0 atom stereocenters. The van der Waals surface area contributed by atoms with Gasteiger partial charge >= 0.3 is 0 Å². The van der Waals surface area contributed by atoms with E-state index < -0.39 is 10.0 Å². The number of nitrogens with one attached hydrogen (secondary N) is 1. The highest BCUT2D eigenvalue weighted by Gasteiger charge is 2.18. The second-order valence-corrected chi connectivity index (χ2v) is 7.75. The van der Waals surface area contributed by atoms with Crippen molar-refractivity contribution in [3.05, 3.63) is 54.1 Å². The molecule has 0 radical (unpaired) electrons. The van der Waals surface area contributed by atoms with Gasteiger partial charge in [-0.05, 0) is 42.5 Å². The molecule has 0 aliphatic rings. The molecule has 2 aromatic rings. The van der Waals surface area contributed by atoms with Crippen molar-refractivity contribution in [1.29, 1.82) is 0 Å². The van der Waals surface area contributed by atoms with E-state index >= 15 is 0 Å². The molecular weight excluding hydrogens is 356 g/mol. The SMILES string of the molecule is COc1ccc(OCCNC(=O)c2cccc(S(=O)(=O)N(C)C)c2)cc1. The first-order valence-electron chi connectivity index (χ1n) is 7.92. The third kappa shape index (κ3) is 4.96. The van der Waals surface area contributed by atoms with Gasteiger partial charge in [0.05, 0.1) is 18.6 Å². The molecule has 0 heterocycles. The van der Waals surface area contributed by atoms with Gasteiger partial charge in [0.15, 0.2) is 0 Å². The third-order valence-electron chi connectivity index (χ3n) is 3.59. The van der Waals surface area contributed by atoms with Crippen LogP contribution in [0, 0.1) is 0 Å². The summed E-state index contributed by atoms with van der Waals surface area (Å²) in [6.45, 7) is 0.573. The van der Waals surface area contributed by atoms with Crippen molar-refractivity contribution < 1.29 is 22.7 Å². The maximum Gasteiger partial charge on any atom is 0.251 e. The molecule has 0 aliphatic carbocycles. The van der Waals surface area contributed by atoms with Gasteiger partial charge in [0, 0.05) is 19.7 Å². The highest BCUT2D eigenvalue weighted by atomic mass is 32.2. The van der Waals surface area contributed by atoms with E-state index in [0.29, 0.717) is 5.75 Å². The summed E-state index contributed by atoms with van der Waals surface area (Å²) in [6, 6.07) is 13.0. The first-order chi connectivity index (χ1) is 12.3. The van der Waals surface area contributed by atoms with Crippen LogP contribution in [0.5, 0.6) is 11.5 Å². The fourth-order valence-electron chi connectivity index (χ4n) is 2.12. The number of ether oxygens (including phenoxy) is 2. The number of nitrogens with zero attached hydrogens (tertiary/aromatic N) is 1. The summed E-state index contributed by atoms with van der Waals surface area (Å²) < 4.78 is 36.0. The van der Waals surface area contributed by atoms with E-state index in [-0.39, 0.29) is 29.5 Å². The van der Waals surface area contributed by atoms with Crippen molar-refractivity contribution in [3.8, 4) is 11.5 Å². The number of carbonyl (C=O) groups is 1. The van der Waals surface area contributed by atoms with E-state index in [0.717, 1.165) is 10.1 Å². The van der Waals surface area contributed by atoms with Crippen LogP contribution in [0.25, 0.3) is 0 Å². The Hall–Kier alpha value is -2.58. The molecule has 0 aromatic heterocycles. The van der Waals surface area contributed by atoms with Crippen LogP contribution in [-0.2, 0) is 10.0 Å². The minimum Gasteiger partial charge on any atom is -0.497 e. The average molecular weight is 378 g/mol. The number of carbonyl (C=O) groups excluding carboxylic acids is 1. The third-order valence-corrected chi connectivity index (χ3v) is 5.40. The predicted octanol–water partition coefficient (Wildman–Crippen LogP) is 1.75. The van der Waals surface area contributed by atoms with Gasteiger partial charge in [-0.2, -0.15) is 0 Å². The number of sulfonamides is 1. The lowest BCUT2D eigenvalue weighted by Crippen LogP contribution is -2.28. The van der Waals surface area contributed by atoms with E-state index in [4.69, 9.17) is 9.47 Å². The van der Waals surface area contributed by atoms with Crippen molar-refractivity contribution in [3.63, 3.8) is 0 Å². The maximum absolute atomic E-state index is 12.2. The molecule has 0 bridgehead atoms. The van der Waals surface area contributed by atoms with Crippen molar-refractivity contribution >= 4 is 15.9 Å². The lowest BCUT2D eigenvalue weighted by molar-refractivity contribution is 0.0947. The molecule has 0 fully saturated rings. The summed E-state index contributed by atoms with van der Waals surface area (Å²) in [5.74, 6) is 1.04. The van der Waals surface area contributed by atoms with Crippen LogP contribution in [0.3, 0.4) is 0 Å². The number of hydrogen-bond donors (Lipinski definition) is 1. The van der Waals surface area contributed by atoms with Gasteiger partial charge in [-0.1, -0.05) is 6.07 Å². The number of methoxy groups -OCH3 is 1. The van der Waals surface area contributed by atoms with Crippen molar-refractivity contribution in [2.24, 2.45) is 0 Å². The zero-order chi connectivity index (χ0) is 19.2. The van der Waals surface area contributed by atoms with Crippen LogP contribution in [0.4, 0.5) is 0 Å². The van der Waals surface area contributed by atoms with Crippen LogP contribution < -0.4 is 14.8 Å². The average Bonchev–Trinajstić information content (AvgIpc) is 2.65. The van der Waals surface area contributed by atoms with E-state index in [1.165, 1.54) is 26.2 Å². The Balaban J connectivity index is 1.90. The molecule has 0 aliphatic heterocycles. The minimum atomic E-state index is -3.58. The van der Waals surface area contributed by atoms with Gasteiger partial charge < -0.3 is 14.8 Å². The van der Waals surface area contributed by atoms with Gasteiger partial charge in [-0.25, -0.2) is 12.7 Å². The van der Waals surface area contributed by atoms with Crippen LogP contribution >= 0.6 is 0 Å². The van der Waals surface area contributed by atoms with Gasteiger partial charge in [0.25, 0.3) is 5.91 Å². The lowest BCUT2D eigenvalue weighted by Gasteiger charge is -2.12. The number of hydrogen-bond acceptors (Lipinski definition) is 5. The zero-order valence-corrected chi connectivity index (χ0v) is 15.7. The molecule has 0 saturated carbocycles. The smallest absolute Gasteiger partial charge is 0.251 e. The number of rotatable bonds is 8. The minimum absolute atomic E-state index is 0.0737. The molecular formula is C18H22N2O5S. The second-order valence-electron chi connectivity index (χ2n) is 5.60. The van der Waals surface area contributed by atoms with Gasteiger partial charge in [0.2, 0.25) is 10.0 Å². The van der Waals surface area contributed by atoms with Gasteiger partial charge in [-0.3, -0.25) is 4.79 Å². The lowest BCUT2D eigenvalue weighted by atomic mass is 10.2. The summed E-state index contributed by atoms with van der Waals surface area (Å²) in [4.78, 5) is 12.3. The quantitative estimate of drug-likeness (QED) is 0.708. The highest BCUT2D eigenvalue weighted by molar-refractivity contribution is 7.89. The standard InChI is InChI=1S/C18H22N2O5S/c1-20(2)26(22,23)17-6-4-5-14(13-17)18(21)19-11-12-25-16-9-7-15(24-3)8-10-16/h4-10,13H,11-12H2,1-3H3,(H,19,21). The van der Waals surface area contributed by atoms with Crippen molar-refractivity contribution in [1.82, 2.24) is 9.62 Å². The fourth-order valence-corrected chi connectivity index (χ4v) is 3.06. The molecule has 1 amide bonds. The fraction of sp³-hybridized carbons (Fsp3) is 0.278. The van der Waals surface area contributed by atoms with Crippen LogP contribution in [0.1, 0.15) is 10.4 Å². The van der Waals surface area contributed by atoms with Crippen molar-refractivity contribution in [2.75, 3.05) is 34.4 Å². The van der Waals surface area contributed by atoms with Crippen LogP contribution in [-0.4, -0.2) is 53.0 Å². The molecule has 140 valence electrons. The molecule has 1 N–H and O–H groups in total. The van der Waals surface area contributed by atoms with Gasteiger partial charge in [0.1, 0.15) is 18.1 Å².